The molecule has 2 aromatic rings. The monoisotopic (exact) mass is 337 g/mol. The van der Waals surface area contributed by atoms with Crippen LogP contribution in [0.5, 0.6) is 0 Å². The number of nitrogens with one attached hydrogen (secondary N) is 2. The summed E-state index contributed by atoms with van der Waals surface area (Å²) < 4.78 is 0. The number of rotatable bonds is 7. The van der Waals surface area contributed by atoms with Crippen molar-refractivity contribution in [2.45, 2.75) is 32.7 Å². The smallest absolute Gasteiger partial charge is 0.222 e. The van der Waals surface area contributed by atoms with E-state index in [1.807, 2.05) is 0 Å². The van der Waals surface area contributed by atoms with Gasteiger partial charge < -0.3 is 15.5 Å². The molecule has 0 bridgehead atoms. The Labute approximate surface area is 150 Å². The maximum absolute atomic E-state index is 11.9. The van der Waals surface area contributed by atoms with Crippen LogP contribution in [-0.4, -0.2) is 25.5 Å². The highest BCUT2D eigenvalue weighted by molar-refractivity contribution is 5.76. The molecular weight excluding hydrogens is 310 g/mol. The van der Waals surface area contributed by atoms with E-state index < -0.39 is 0 Å². The minimum atomic E-state index is 0.0711. The lowest BCUT2D eigenvalue weighted by atomic mass is 10.1. The van der Waals surface area contributed by atoms with Gasteiger partial charge in [-0.25, -0.2) is 0 Å². The Kier molecular flexibility index (Phi) is 5.94. The summed E-state index contributed by atoms with van der Waals surface area (Å²) in [5.74, 6) is 0.0711. The first-order chi connectivity index (χ1) is 12.2. The van der Waals surface area contributed by atoms with Gasteiger partial charge in [0.05, 0.1) is 0 Å². The average molecular weight is 337 g/mol. The van der Waals surface area contributed by atoms with Crippen LogP contribution in [0.2, 0.25) is 0 Å². The van der Waals surface area contributed by atoms with Gasteiger partial charge in [0, 0.05) is 44.0 Å². The molecule has 4 nitrogen and oxygen atoms in total. The summed E-state index contributed by atoms with van der Waals surface area (Å²) in [7, 11) is 0. The fourth-order valence-corrected chi connectivity index (χ4v) is 3.08. The Bertz CT molecular complexity index is 673. The van der Waals surface area contributed by atoms with Crippen molar-refractivity contribution < 1.29 is 4.79 Å². The molecule has 0 unspecified atom stereocenters. The SMILES string of the molecule is Cc1ccc(CNC(=O)CCNc2ccc(N3CCCC3)cc2)cc1. The predicted molar refractivity (Wildman–Crippen MR) is 104 cm³/mol. The van der Waals surface area contributed by atoms with Crippen LogP contribution in [0.1, 0.15) is 30.4 Å². The van der Waals surface area contributed by atoms with Crippen LogP contribution in [0.4, 0.5) is 11.4 Å². The summed E-state index contributed by atoms with van der Waals surface area (Å²) in [6.07, 6.45) is 3.05. The molecule has 1 aliphatic heterocycles. The van der Waals surface area contributed by atoms with Gasteiger partial charge in [0.15, 0.2) is 0 Å². The van der Waals surface area contributed by atoms with E-state index in [0.717, 1.165) is 24.3 Å². The lowest BCUT2D eigenvalue weighted by molar-refractivity contribution is -0.121. The number of nitrogens with zero attached hydrogens (tertiary/aromatic N) is 1. The zero-order valence-electron chi connectivity index (χ0n) is 14.9. The first-order valence-electron chi connectivity index (χ1n) is 9.12. The topological polar surface area (TPSA) is 44.4 Å². The Balaban J connectivity index is 1.37. The standard InChI is InChI=1S/C21H27N3O/c1-17-4-6-18(7-5-17)16-23-21(25)12-13-22-19-8-10-20(11-9-19)24-14-2-3-15-24/h4-11,22H,2-3,12-16H2,1H3,(H,23,25). The van der Waals surface area contributed by atoms with Crippen LogP contribution in [0, 0.1) is 6.92 Å². The number of anilines is 2. The molecule has 0 spiro atoms. The molecule has 3 rings (SSSR count). The second kappa shape index (κ2) is 8.56. The summed E-state index contributed by atoms with van der Waals surface area (Å²) in [5, 5.41) is 6.28. The zero-order valence-corrected chi connectivity index (χ0v) is 14.9. The number of hydrogen-bond donors (Lipinski definition) is 2. The van der Waals surface area contributed by atoms with E-state index in [2.05, 4.69) is 71.0 Å². The molecule has 1 amide bonds. The Morgan fingerprint density at radius 1 is 1.00 bits per heavy atom. The number of benzene rings is 2. The number of aryl methyl sites for hydroxylation is 1. The van der Waals surface area contributed by atoms with Gasteiger partial charge in [-0.3, -0.25) is 4.79 Å². The summed E-state index contributed by atoms with van der Waals surface area (Å²) >= 11 is 0. The van der Waals surface area contributed by atoms with E-state index in [-0.39, 0.29) is 5.91 Å². The van der Waals surface area contributed by atoms with E-state index in [0.29, 0.717) is 19.5 Å². The first-order valence-corrected chi connectivity index (χ1v) is 9.12. The van der Waals surface area contributed by atoms with E-state index in [1.54, 1.807) is 0 Å². The maximum Gasteiger partial charge on any atom is 0.222 e. The number of amides is 1. The van der Waals surface area contributed by atoms with Gasteiger partial charge in [0.2, 0.25) is 5.91 Å². The third-order valence-electron chi connectivity index (χ3n) is 4.63. The van der Waals surface area contributed by atoms with Crippen LogP contribution in [-0.2, 0) is 11.3 Å². The van der Waals surface area contributed by atoms with Crippen molar-refractivity contribution in [2.75, 3.05) is 29.9 Å². The molecule has 1 fully saturated rings. The van der Waals surface area contributed by atoms with Crippen molar-refractivity contribution in [2.24, 2.45) is 0 Å². The van der Waals surface area contributed by atoms with Gasteiger partial charge in [-0.2, -0.15) is 0 Å². The van der Waals surface area contributed by atoms with Gasteiger partial charge in [-0.15, -0.1) is 0 Å². The summed E-state index contributed by atoms with van der Waals surface area (Å²) in [5.41, 5.74) is 4.72. The second-order valence-electron chi connectivity index (χ2n) is 6.68. The summed E-state index contributed by atoms with van der Waals surface area (Å²) in [6.45, 7) is 5.61. The van der Waals surface area contributed by atoms with E-state index in [1.165, 1.54) is 24.1 Å². The first kappa shape index (κ1) is 17.3. The van der Waals surface area contributed by atoms with E-state index >= 15 is 0 Å². The quantitative estimate of drug-likeness (QED) is 0.809. The maximum atomic E-state index is 11.9. The molecule has 25 heavy (non-hydrogen) atoms. The highest BCUT2D eigenvalue weighted by Gasteiger charge is 2.11. The summed E-state index contributed by atoms with van der Waals surface area (Å²) in [6, 6.07) is 16.7. The second-order valence-corrected chi connectivity index (χ2v) is 6.68. The third kappa shape index (κ3) is 5.24. The van der Waals surface area contributed by atoms with Crippen LogP contribution in [0.15, 0.2) is 48.5 Å². The minimum Gasteiger partial charge on any atom is -0.385 e. The van der Waals surface area contributed by atoms with Crippen LogP contribution in [0.25, 0.3) is 0 Å². The molecule has 0 aromatic heterocycles. The fourth-order valence-electron chi connectivity index (χ4n) is 3.08. The molecule has 1 saturated heterocycles. The van der Waals surface area contributed by atoms with Crippen LogP contribution >= 0.6 is 0 Å². The van der Waals surface area contributed by atoms with Gasteiger partial charge in [-0.05, 0) is 49.6 Å². The summed E-state index contributed by atoms with van der Waals surface area (Å²) in [4.78, 5) is 14.4. The Hall–Kier alpha value is -2.49. The molecule has 0 radical (unpaired) electrons. The molecule has 2 N–H and O–H groups in total. The molecule has 4 heteroatoms. The number of carbonyl (C=O) groups excluding carboxylic acids is 1. The molecule has 2 aromatic carbocycles. The zero-order chi connectivity index (χ0) is 17.5. The molecule has 0 atom stereocenters. The number of hydrogen-bond acceptors (Lipinski definition) is 3. The third-order valence-corrected chi connectivity index (χ3v) is 4.63. The molecule has 0 saturated carbocycles. The highest BCUT2D eigenvalue weighted by atomic mass is 16.1. The number of carbonyl (C=O) groups is 1. The Morgan fingerprint density at radius 3 is 2.36 bits per heavy atom. The molecule has 132 valence electrons. The normalized spacial score (nSPS) is 13.7. The average Bonchev–Trinajstić information content (AvgIpc) is 3.16. The molecule has 1 heterocycles. The van der Waals surface area contributed by atoms with E-state index in [9.17, 15) is 4.79 Å². The van der Waals surface area contributed by atoms with Crippen LogP contribution in [0.3, 0.4) is 0 Å². The molecule has 1 aliphatic rings. The predicted octanol–water partition coefficient (Wildman–Crippen LogP) is 3.71. The molecular formula is C21H27N3O. The fraction of sp³-hybridized carbons (Fsp3) is 0.381. The minimum absolute atomic E-state index is 0.0711. The van der Waals surface area contributed by atoms with Crippen molar-refractivity contribution in [3.05, 3.63) is 59.7 Å². The van der Waals surface area contributed by atoms with Gasteiger partial charge in [0.1, 0.15) is 0 Å². The Morgan fingerprint density at radius 2 is 1.68 bits per heavy atom. The van der Waals surface area contributed by atoms with Gasteiger partial charge >= 0.3 is 0 Å². The lowest BCUT2D eigenvalue weighted by Crippen LogP contribution is -2.24. The van der Waals surface area contributed by atoms with Crippen LogP contribution < -0.4 is 15.5 Å². The van der Waals surface area contributed by atoms with Crippen molar-refractivity contribution in [1.29, 1.82) is 0 Å². The van der Waals surface area contributed by atoms with Gasteiger partial charge in [-0.1, -0.05) is 29.8 Å². The van der Waals surface area contributed by atoms with Gasteiger partial charge in [0.25, 0.3) is 0 Å². The highest BCUT2D eigenvalue weighted by Crippen LogP contribution is 2.21. The largest absolute Gasteiger partial charge is 0.385 e. The van der Waals surface area contributed by atoms with Crippen molar-refractivity contribution in [3.63, 3.8) is 0 Å². The van der Waals surface area contributed by atoms with Crippen molar-refractivity contribution >= 4 is 17.3 Å². The van der Waals surface area contributed by atoms with E-state index in [4.69, 9.17) is 0 Å². The lowest BCUT2D eigenvalue weighted by Gasteiger charge is -2.18. The van der Waals surface area contributed by atoms with Crippen molar-refractivity contribution in [1.82, 2.24) is 5.32 Å². The van der Waals surface area contributed by atoms with Crippen molar-refractivity contribution in [3.8, 4) is 0 Å². The molecule has 0 aliphatic carbocycles.